The lowest BCUT2D eigenvalue weighted by Gasteiger charge is -1.92. The van der Waals surface area contributed by atoms with Crippen LogP contribution in [0.15, 0.2) is 16.0 Å². The zero-order valence-electron chi connectivity index (χ0n) is 7.43. The van der Waals surface area contributed by atoms with Crippen LogP contribution < -0.4 is 5.73 Å². The summed E-state index contributed by atoms with van der Waals surface area (Å²) < 4.78 is 0.747. The summed E-state index contributed by atoms with van der Waals surface area (Å²) in [6.07, 6.45) is 1.63. The van der Waals surface area contributed by atoms with Crippen molar-refractivity contribution in [3.8, 4) is 0 Å². The molecule has 3 N–H and O–H groups in total. The van der Waals surface area contributed by atoms with Crippen LogP contribution in [0, 0.1) is 0 Å². The van der Waals surface area contributed by atoms with Crippen LogP contribution in [0.25, 0.3) is 0 Å². The highest BCUT2D eigenvalue weighted by molar-refractivity contribution is 8.01. The van der Waals surface area contributed by atoms with E-state index in [1.54, 1.807) is 13.0 Å². The number of nitrogen functional groups attached to an aromatic ring is 1. The Morgan fingerprint density at radius 1 is 1.71 bits per heavy atom. The molecule has 7 heteroatoms. The van der Waals surface area contributed by atoms with E-state index in [1.807, 2.05) is 0 Å². The lowest BCUT2D eigenvalue weighted by molar-refractivity contribution is -0.132. The maximum absolute atomic E-state index is 10.4. The molecule has 0 aliphatic carbocycles. The second-order valence-electron chi connectivity index (χ2n) is 2.41. The van der Waals surface area contributed by atoms with Crippen molar-refractivity contribution in [1.29, 1.82) is 0 Å². The number of hydrogen-bond donors (Lipinski definition) is 2. The number of carbonyl (C=O) groups is 1. The smallest absolute Gasteiger partial charge is 0.330 e. The Hall–Kier alpha value is -1.08. The van der Waals surface area contributed by atoms with Crippen molar-refractivity contribution < 1.29 is 9.90 Å². The minimum atomic E-state index is -0.901. The first-order valence-corrected chi connectivity index (χ1v) is 5.51. The first-order chi connectivity index (χ1) is 6.59. The van der Waals surface area contributed by atoms with Gasteiger partial charge in [0.15, 0.2) is 4.34 Å². The van der Waals surface area contributed by atoms with Gasteiger partial charge < -0.3 is 10.8 Å². The van der Waals surface area contributed by atoms with E-state index in [0.717, 1.165) is 4.34 Å². The normalized spacial score (nSPS) is 11.6. The molecule has 0 amide bonds. The quantitative estimate of drug-likeness (QED) is 0.598. The molecule has 0 aromatic carbocycles. The maximum atomic E-state index is 10.4. The minimum Gasteiger partial charge on any atom is -0.478 e. The Kier molecular flexibility index (Phi) is 3.90. The Morgan fingerprint density at radius 2 is 2.43 bits per heavy atom. The summed E-state index contributed by atoms with van der Waals surface area (Å²) in [5, 5.41) is 16.4. The number of nitrogens with two attached hydrogens (primary N) is 1. The van der Waals surface area contributed by atoms with E-state index >= 15 is 0 Å². The molecule has 0 fully saturated rings. The standard InChI is InChI=1S/C7H9N3O2S2/c1-4(5(11)12)2-3-13-7-10-9-6(8)14-7/h2H,3H2,1H3,(H2,8,9)(H,11,12). The van der Waals surface area contributed by atoms with Gasteiger partial charge in [0.25, 0.3) is 0 Å². The van der Waals surface area contributed by atoms with Gasteiger partial charge in [0, 0.05) is 11.3 Å². The molecule has 0 saturated heterocycles. The lowest BCUT2D eigenvalue weighted by Crippen LogP contribution is -1.96. The summed E-state index contributed by atoms with van der Waals surface area (Å²) in [5.74, 6) is -0.338. The van der Waals surface area contributed by atoms with E-state index in [2.05, 4.69) is 10.2 Å². The van der Waals surface area contributed by atoms with Gasteiger partial charge >= 0.3 is 5.97 Å². The van der Waals surface area contributed by atoms with E-state index in [-0.39, 0.29) is 0 Å². The number of carboxylic acids is 1. The van der Waals surface area contributed by atoms with E-state index < -0.39 is 5.97 Å². The molecule has 1 rings (SSSR count). The fourth-order valence-corrected chi connectivity index (χ4v) is 2.22. The summed E-state index contributed by atoms with van der Waals surface area (Å²) >= 11 is 2.70. The molecule has 14 heavy (non-hydrogen) atoms. The third-order valence-corrected chi connectivity index (χ3v) is 3.17. The van der Waals surface area contributed by atoms with E-state index in [0.29, 0.717) is 16.5 Å². The number of aliphatic carboxylic acids is 1. The number of rotatable bonds is 4. The molecular weight excluding hydrogens is 222 g/mol. The topological polar surface area (TPSA) is 89.1 Å². The second kappa shape index (κ2) is 4.97. The molecule has 0 radical (unpaired) electrons. The van der Waals surface area contributed by atoms with Crippen molar-refractivity contribution in [3.05, 3.63) is 11.6 Å². The van der Waals surface area contributed by atoms with Crippen molar-refractivity contribution in [1.82, 2.24) is 10.2 Å². The maximum Gasteiger partial charge on any atom is 0.330 e. The van der Waals surface area contributed by atoms with Crippen LogP contribution in [0.2, 0.25) is 0 Å². The Balaban J connectivity index is 2.42. The molecule has 0 atom stereocenters. The van der Waals surface area contributed by atoms with Gasteiger partial charge in [-0.1, -0.05) is 29.2 Å². The fraction of sp³-hybridized carbons (Fsp3) is 0.286. The van der Waals surface area contributed by atoms with E-state index in [1.165, 1.54) is 23.1 Å². The van der Waals surface area contributed by atoms with Crippen LogP contribution in [0.1, 0.15) is 6.92 Å². The largest absolute Gasteiger partial charge is 0.478 e. The van der Waals surface area contributed by atoms with Crippen LogP contribution in [0.4, 0.5) is 5.13 Å². The fourth-order valence-electron chi connectivity index (χ4n) is 0.604. The predicted molar refractivity (Wildman–Crippen MR) is 56.4 cm³/mol. The molecule has 76 valence electrons. The number of hydrogen-bond acceptors (Lipinski definition) is 6. The highest BCUT2D eigenvalue weighted by atomic mass is 32.2. The van der Waals surface area contributed by atoms with Gasteiger partial charge in [0.2, 0.25) is 5.13 Å². The molecule has 0 spiro atoms. The number of aromatic nitrogens is 2. The van der Waals surface area contributed by atoms with Gasteiger partial charge in [-0.3, -0.25) is 0 Å². The van der Waals surface area contributed by atoms with Crippen molar-refractivity contribution in [2.75, 3.05) is 11.5 Å². The van der Waals surface area contributed by atoms with Gasteiger partial charge in [0.05, 0.1) is 0 Å². The highest BCUT2D eigenvalue weighted by Gasteiger charge is 2.02. The van der Waals surface area contributed by atoms with Crippen LogP contribution in [-0.2, 0) is 4.79 Å². The first-order valence-electron chi connectivity index (χ1n) is 3.71. The average molecular weight is 231 g/mol. The Labute approximate surface area is 89.0 Å². The summed E-state index contributed by atoms with van der Waals surface area (Å²) in [4.78, 5) is 10.4. The Morgan fingerprint density at radius 3 is 2.93 bits per heavy atom. The van der Waals surface area contributed by atoms with E-state index in [4.69, 9.17) is 10.8 Å². The monoisotopic (exact) mass is 231 g/mol. The molecule has 5 nitrogen and oxygen atoms in total. The van der Waals surface area contributed by atoms with E-state index in [9.17, 15) is 4.79 Å². The molecule has 0 aliphatic heterocycles. The molecule has 0 aliphatic rings. The van der Waals surface area contributed by atoms with Crippen molar-refractivity contribution in [2.45, 2.75) is 11.3 Å². The third-order valence-electron chi connectivity index (χ3n) is 1.36. The minimum absolute atomic E-state index is 0.329. The van der Waals surface area contributed by atoms with Crippen LogP contribution in [-0.4, -0.2) is 27.0 Å². The number of anilines is 1. The van der Waals surface area contributed by atoms with Crippen molar-refractivity contribution in [2.24, 2.45) is 0 Å². The number of thioether (sulfide) groups is 1. The summed E-state index contributed by atoms with van der Waals surface area (Å²) in [6, 6.07) is 0. The third kappa shape index (κ3) is 3.35. The van der Waals surface area contributed by atoms with Gasteiger partial charge in [-0.15, -0.1) is 10.2 Å². The Bertz CT molecular complexity index is 362. The zero-order valence-corrected chi connectivity index (χ0v) is 9.06. The molecule has 1 aromatic heterocycles. The average Bonchev–Trinajstić information content (AvgIpc) is 2.51. The van der Waals surface area contributed by atoms with Crippen LogP contribution >= 0.6 is 23.1 Å². The zero-order chi connectivity index (χ0) is 10.6. The van der Waals surface area contributed by atoms with Crippen LogP contribution in [0.5, 0.6) is 0 Å². The van der Waals surface area contributed by atoms with Gasteiger partial charge in [-0.05, 0) is 6.92 Å². The summed E-state index contributed by atoms with van der Waals surface area (Å²) in [7, 11) is 0. The first kappa shape index (κ1) is 11.0. The summed E-state index contributed by atoms with van der Waals surface area (Å²) in [6.45, 7) is 1.55. The van der Waals surface area contributed by atoms with Gasteiger partial charge in [-0.25, -0.2) is 4.79 Å². The molecule has 0 saturated carbocycles. The molecular formula is C7H9N3O2S2. The second-order valence-corrected chi connectivity index (χ2v) is 4.69. The molecule has 1 aromatic rings. The van der Waals surface area contributed by atoms with Gasteiger partial charge in [0.1, 0.15) is 0 Å². The molecule has 0 bridgehead atoms. The molecule has 1 heterocycles. The van der Waals surface area contributed by atoms with Gasteiger partial charge in [-0.2, -0.15) is 0 Å². The SMILES string of the molecule is CC(=CCSc1nnc(N)s1)C(=O)O. The number of carboxylic acid groups (broad SMARTS) is 1. The summed E-state index contributed by atoms with van der Waals surface area (Å²) in [5.41, 5.74) is 5.71. The predicted octanol–water partition coefficient (Wildman–Crippen LogP) is 1.24. The highest BCUT2D eigenvalue weighted by Crippen LogP contribution is 2.23. The molecule has 0 unspecified atom stereocenters. The lowest BCUT2D eigenvalue weighted by atomic mass is 10.3. The van der Waals surface area contributed by atoms with Crippen molar-refractivity contribution in [3.63, 3.8) is 0 Å². The van der Waals surface area contributed by atoms with Crippen LogP contribution in [0.3, 0.4) is 0 Å². The number of nitrogens with zero attached hydrogens (tertiary/aromatic N) is 2. The van der Waals surface area contributed by atoms with Crippen molar-refractivity contribution >= 4 is 34.2 Å².